The minimum atomic E-state index is -4.21. The second-order valence-electron chi connectivity index (χ2n) is 6.92. The molecule has 0 atom stereocenters. The fraction of sp³-hybridized carbons (Fsp3) is 0.190. The number of anilines is 2. The molecule has 0 unspecified atom stereocenters. The van der Waals surface area contributed by atoms with Gasteiger partial charge in [-0.15, -0.1) is 0 Å². The van der Waals surface area contributed by atoms with Crippen LogP contribution in [0.5, 0.6) is 0 Å². The van der Waals surface area contributed by atoms with Gasteiger partial charge in [-0.25, -0.2) is 13.5 Å². The number of fused-ring (bicyclic) bond motifs is 1. The van der Waals surface area contributed by atoms with Crippen molar-refractivity contribution in [3.8, 4) is 5.69 Å². The van der Waals surface area contributed by atoms with Gasteiger partial charge in [0, 0.05) is 5.69 Å². The third kappa shape index (κ3) is 4.62. The first-order valence-electron chi connectivity index (χ1n) is 9.47. The Morgan fingerprint density at radius 2 is 1.91 bits per heavy atom. The molecule has 4 aromatic rings. The minimum Gasteiger partial charge on any atom is -0.370 e. The van der Waals surface area contributed by atoms with Gasteiger partial charge in [0.1, 0.15) is 12.0 Å². The molecular weight excluding hydrogens is 430 g/mol. The number of rotatable bonds is 8. The van der Waals surface area contributed by atoms with E-state index in [1.54, 1.807) is 24.3 Å². The van der Waals surface area contributed by atoms with E-state index < -0.39 is 24.5 Å². The number of para-hydroxylation sites is 1. The highest BCUT2D eigenvalue weighted by Crippen LogP contribution is 2.24. The largest absolute Gasteiger partial charge is 0.370 e. The van der Waals surface area contributed by atoms with Crippen molar-refractivity contribution in [1.29, 1.82) is 0 Å². The highest BCUT2D eigenvalue weighted by atomic mass is 19.3. The smallest absolute Gasteiger partial charge is 0.330 e. The maximum Gasteiger partial charge on any atom is 0.330 e. The Kier molecular flexibility index (Phi) is 5.91. The predicted octanol–water partition coefficient (Wildman–Crippen LogP) is 4.27. The van der Waals surface area contributed by atoms with Crippen LogP contribution in [0.4, 0.5) is 29.2 Å². The van der Waals surface area contributed by atoms with Gasteiger partial charge in [0.25, 0.3) is 5.56 Å². The Labute approximate surface area is 178 Å². The van der Waals surface area contributed by atoms with Gasteiger partial charge in [-0.3, -0.25) is 9.78 Å². The molecule has 7 nitrogen and oxygen atoms in total. The molecule has 2 aromatic carbocycles. The van der Waals surface area contributed by atoms with Gasteiger partial charge >= 0.3 is 12.3 Å². The lowest BCUT2D eigenvalue weighted by atomic mass is 10.2. The summed E-state index contributed by atoms with van der Waals surface area (Å²) in [4.78, 5) is 19.5. The zero-order valence-electron chi connectivity index (χ0n) is 16.4. The lowest BCUT2D eigenvalue weighted by Gasteiger charge is -2.15. The van der Waals surface area contributed by atoms with Crippen molar-refractivity contribution in [3.05, 3.63) is 76.7 Å². The Morgan fingerprint density at radius 3 is 2.66 bits per heavy atom. The number of aromatic nitrogens is 4. The van der Waals surface area contributed by atoms with E-state index in [0.29, 0.717) is 22.3 Å². The molecule has 2 heterocycles. The molecular formula is C21H17F4N5O2. The summed E-state index contributed by atoms with van der Waals surface area (Å²) < 4.78 is 56.7. The monoisotopic (exact) mass is 447 g/mol. The van der Waals surface area contributed by atoms with Crippen LogP contribution in [0.2, 0.25) is 0 Å². The van der Waals surface area contributed by atoms with Crippen molar-refractivity contribution in [2.45, 2.75) is 19.0 Å². The van der Waals surface area contributed by atoms with E-state index in [1.165, 1.54) is 10.9 Å². The topological polar surface area (TPSA) is 84.8 Å². The predicted molar refractivity (Wildman–Crippen MR) is 110 cm³/mol. The fourth-order valence-corrected chi connectivity index (χ4v) is 2.98. The van der Waals surface area contributed by atoms with Gasteiger partial charge in [0.2, 0.25) is 5.95 Å². The molecule has 4 rings (SSSR count). The number of hydrogen-bond donors (Lipinski definition) is 2. The first-order chi connectivity index (χ1) is 15.3. The van der Waals surface area contributed by atoms with Crippen LogP contribution < -0.4 is 10.9 Å². The number of H-pyrrole nitrogens is 1. The number of ether oxygens (including phenoxy) is 1. The zero-order valence-corrected chi connectivity index (χ0v) is 16.4. The molecule has 0 amide bonds. The quantitative estimate of drug-likeness (QED) is 0.394. The van der Waals surface area contributed by atoms with Gasteiger partial charge in [0.15, 0.2) is 5.65 Å². The summed E-state index contributed by atoms with van der Waals surface area (Å²) in [6, 6.07) is 15.6. The molecule has 0 aliphatic heterocycles. The van der Waals surface area contributed by atoms with Crippen molar-refractivity contribution >= 4 is 22.7 Å². The van der Waals surface area contributed by atoms with E-state index in [1.807, 2.05) is 30.3 Å². The van der Waals surface area contributed by atoms with Crippen LogP contribution in [-0.2, 0) is 11.3 Å². The van der Waals surface area contributed by atoms with Crippen LogP contribution in [0.1, 0.15) is 5.56 Å². The molecule has 2 aromatic heterocycles. The maximum absolute atomic E-state index is 13.0. The van der Waals surface area contributed by atoms with Crippen molar-refractivity contribution < 1.29 is 22.3 Å². The summed E-state index contributed by atoms with van der Waals surface area (Å²) in [5.74, 6) is -4.07. The average molecular weight is 447 g/mol. The fourth-order valence-electron chi connectivity index (χ4n) is 2.98. The van der Waals surface area contributed by atoms with Crippen LogP contribution in [0.15, 0.2) is 65.6 Å². The number of halogens is 4. The number of benzene rings is 2. The van der Waals surface area contributed by atoms with Crippen LogP contribution in [-0.4, -0.2) is 38.7 Å². The second-order valence-corrected chi connectivity index (χ2v) is 6.92. The molecule has 2 N–H and O–H groups in total. The lowest BCUT2D eigenvalue weighted by molar-refractivity contribution is -0.168. The Hall–Kier alpha value is -3.73. The molecule has 0 bridgehead atoms. The average Bonchev–Trinajstić information content (AvgIpc) is 3.19. The standard InChI is InChI=1S/C21H17F4N5O2/c22-19(23)21(24,25)12-32-11-13-5-4-6-14(9-13)27-20-28-17-16(18(31)29-20)10-26-30(17)15-7-2-1-3-8-15/h1-10,19H,11-12H2,(H2,27,28,29,31). The summed E-state index contributed by atoms with van der Waals surface area (Å²) >= 11 is 0. The van der Waals surface area contributed by atoms with E-state index >= 15 is 0 Å². The van der Waals surface area contributed by atoms with Crippen molar-refractivity contribution in [2.75, 3.05) is 11.9 Å². The van der Waals surface area contributed by atoms with Crippen molar-refractivity contribution in [1.82, 2.24) is 19.7 Å². The van der Waals surface area contributed by atoms with Gasteiger partial charge in [0.05, 0.1) is 18.5 Å². The maximum atomic E-state index is 13.0. The molecule has 0 saturated carbocycles. The molecule has 166 valence electrons. The molecule has 0 spiro atoms. The van der Waals surface area contributed by atoms with Crippen LogP contribution in [0.3, 0.4) is 0 Å². The summed E-state index contributed by atoms with van der Waals surface area (Å²) in [5.41, 5.74) is 1.63. The number of hydrogen-bond acceptors (Lipinski definition) is 5. The zero-order chi connectivity index (χ0) is 22.7. The first-order valence-corrected chi connectivity index (χ1v) is 9.47. The third-order valence-electron chi connectivity index (χ3n) is 4.51. The summed E-state index contributed by atoms with van der Waals surface area (Å²) in [5, 5.41) is 7.48. The molecule has 11 heteroatoms. The number of nitrogens with zero attached hydrogens (tertiary/aromatic N) is 3. The van der Waals surface area contributed by atoms with E-state index in [4.69, 9.17) is 4.74 Å². The van der Waals surface area contributed by atoms with Crippen LogP contribution in [0.25, 0.3) is 16.7 Å². The normalized spacial score (nSPS) is 11.9. The van der Waals surface area contributed by atoms with E-state index in [2.05, 4.69) is 20.4 Å². The van der Waals surface area contributed by atoms with E-state index in [0.717, 1.165) is 5.69 Å². The van der Waals surface area contributed by atoms with Crippen LogP contribution >= 0.6 is 0 Å². The lowest BCUT2D eigenvalue weighted by Crippen LogP contribution is -2.32. The number of aromatic amines is 1. The summed E-state index contributed by atoms with van der Waals surface area (Å²) in [6.45, 7) is -1.68. The highest BCUT2D eigenvalue weighted by molar-refractivity contribution is 5.76. The first kappa shape index (κ1) is 21.5. The van der Waals surface area contributed by atoms with Crippen molar-refractivity contribution in [3.63, 3.8) is 0 Å². The van der Waals surface area contributed by atoms with Gasteiger partial charge < -0.3 is 10.1 Å². The Balaban J connectivity index is 1.54. The van der Waals surface area contributed by atoms with E-state index in [-0.39, 0.29) is 12.6 Å². The van der Waals surface area contributed by atoms with Gasteiger partial charge in [-0.1, -0.05) is 30.3 Å². The van der Waals surface area contributed by atoms with Gasteiger partial charge in [-0.05, 0) is 29.8 Å². The van der Waals surface area contributed by atoms with Crippen molar-refractivity contribution in [2.24, 2.45) is 0 Å². The summed E-state index contributed by atoms with van der Waals surface area (Å²) in [6.07, 6.45) is -2.37. The second kappa shape index (κ2) is 8.79. The van der Waals surface area contributed by atoms with E-state index in [9.17, 15) is 22.4 Å². The SMILES string of the molecule is O=c1[nH]c(Nc2cccc(COCC(F)(F)C(F)F)c2)nc2c1cnn2-c1ccccc1. The molecule has 0 radical (unpaired) electrons. The molecule has 0 fully saturated rings. The molecule has 0 saturated heterocycles. The summed E-state index contributed by atoms with van der Waals surface area (Å²) in [7, 11) is 0. The highest BCUT2D eigenvalue weighted by Gasteiger charge is 2.40. The Bertz CT molecular complexity index is 1270. The third-order valence-corrected chi connectivity index (χ3v) is 4.51. The number of alkyl halides is 4. The van der Waals surface area contributed by atoms with Crippen LogP contribution in [0, 0.1) is 0 Å². The minimum absolute atomic E-state index is 0.141. The molecule has 0 aliphatic rings. The van der Waals surface area contributed by atoms with Gasteiger partial charge in [-0.2, -0.15) is 18.9 Å². The Morgan fingerprint density at radius 1 is 1.12 bits per heavy atom. The molecule has 0 aliphatic carbocycles. The number of nitrogens with one attached hydrogen (secondary N) is 2. The molecule has 32 heavy (non-hydrogen) atoms.